The minimum absolute atomic E-state index is 0.245. The van der Waals surface area contributed by atoms with Crippen LogP contribution in [0, 0.1) is 0 Å². The van der Waals surface area contributed by atoms with Crippen LogP contribution in [0.4, 0.5) is 0 Å². The summed E-state index contributed by atoms with van der Waals surface area (Å²) >= 11 is 0. The second kappa shape index (κ2) is 7.75. The molecule has 0 radical (unpaired) electrons. The van der Waals surface area contributed by atoms with Gasteiger partial charge in [-0.1, -0.05) is 44.2 Å². The maximum absolute atomic E-state index is 11.6. The number of phenols is 1. The molecule has 3 rings (SSSR count). The van der Waals surface area contributed by atoms with E-state index >= 15 is 0 Å². The number of phenolic OH excluding ortho intramolecular Hbond substituents is 1. The molecular formula is C22H25NO3. The lowest BCUT2D eigenvalue weighted by molar-refractivity contribution is -0.147. The Kier molecular flexibility index (Phi) is 5.43. The number of aromatic hydroxyl groups is 1. The van der Waals surface area contributed by atoms with E-state index in [-0.39, 0.29) is 17.8 Å². The van der Waals surface area contributed by atoms with Crippen LogP contribution < -0.4 is 0 Å². The van der Waals surface area contributed by atoms with E-state index in [0.717, 1.165) is 40.2 Å². The van der Waals surface area contributed by atoms with Gasteiger partial charge in [0.25, 0.3) is 0 Å². The fraction of sp³-hybridized carbons (Fsp3) is 0.318. The van der Waals surface area contributed by atoms with Crippen molar-refractivity contribution in [3.05, 3.63) is 54.1 Å². The van der Waals surface area contributed by atoms with Crippen LogP contribution in [-0.4, -0.2) is 35.6 Å². The number of benzene rings is 3. The highest BCUT2D eigenvalue weighted by molar-refractivity contribution is 6.08. The number of ether oxygens (including phenoxy) is 1. The first-order chi connectivity index (χ1) is 12.5. The average molecular weight is 351 g/mol. The van der Waals surface area contributed by atoms with Crippen LogP contribution in [-0.2, 0) is 9.53 Å². The number of rotatable bonds is 6. The van der Waals surface area contributed by atoms with Gasteiger partial charge in [0, 0.05) is 13.5 Å². The fourth-order valence-electron chi connectivity index (χ4n) is 3.38. The molecule has 0 amide bonds. The van der Waals surface area contributed by atoms with Gasteiger partial charge >= 0.3 is 5.97 Å². The first-order valence-corrected chi connectivity index (χ1v) is 9.06. The highest BCUT2D eigenvalue weighted by Crippen LogP contribution is 2.31. The molecule has 0 saturated heterocycles. The number of likely N-dealkylation sites (N-methyl/N-ethyl adjacent to an activating group) is 1. The zero-order valence-corrected chi connectivity index (χ0v) is 15.5. The molecule has 0 bridgehead atoms. The molecule has 26 heavy (non-hydrogen) atoms. The van der Waals surface area contributed by atoms with Gasteiger partial charge in [-0.25, -0.2) is 0 Å². The minimum atomic E-state index is -0.315. The Bertz CT molecular complexity index is 931. The summed E-state index contributed by atoms with van der Waals surface area (Å²) in [6.07, 6.45) is -0.315. The summed E-state index contributed by atoms with van der Waals surface area (Å²) in [6, 6.07) is 15.7. The SMILES string of the molecule is CCN(CC)CC(OC(C)=O)c1ccc2ccc3ccc(O)cc3c2c1. The van der Waals surface area contributed by atoms with Gasteiger partial charge in [0.05, 0.1) is 0 Å². The first-order valence-electron chi connectivity index (χ1n) is 9.06. The van der Waals surface area contributed by atoms with Gasteiger partial charge in [0.2, 0.25) is 0 Å². The molecule has 3 aromatic rings. The second-order valence-electron chi connectivity index (χ2n) is 6.54. The standard InChI is InChI=1S/C22H25NO3/c1-4-23(5-2)14-22(26-15(3)24)18-9-8-16-6-7-17-10-11-19(25)13-21(17)20(16)12-18/h6-13,22,25H,4-5,14H2,1-3H3. The van der Waals surface area contributed by atoms with Gasteiger partial charge in [-0.05, 0) is 58.4 Å². The van der Waals surface area contributed by atoms with Gasteiger partial charge in [0.15, 0.2) is 0 Å². The van der Waals surface area contributed by atoms with Crippen molar-refractivity contribution in [1.82, 2.24) is 4.90 Å². The maximum Gasteiger partial charge on any atom is 0.303 e. The highest BCUT2D eigenvalue weighted by Gasteiger charge is 2.18. The van der Waals surface area contributed by atoms with Crippen molar-refractivity contribution in [2.75, 3.05) is 19.6 Å². The van der Waals surface area contributed by atoms with E-state index in [1.54, 1.807) is 12.1 Å². The predicted octanol–water partition coefficient (Wildman–Crippen LogP) is 4.64. The van der Waals surface area contributed by atoms with E-state index in [1.165, 1.54) is 6.92 Å². The molecule has 0 spiro atoms. The van der Waals surface area contributed by atoms with Crippen LogP contribution >= 0.6 is 0 Å². The summed E-state index contributed by atoms with van der Waals surface area (Å²) in [4.78, 5) is 13.9. The van der Waals surface area contributed by atoms with Crippen LogP contribution in [0.25, 0.3) is 21.5 Å². The molecular weight excluding hydrogens is 326 g/mol. The van der Waals surface area contributed by atoms with Crippen molar-refractivity contribution in [2.45, 2.75) is 26.9 Å². The number of hydrogen-bond donors (Lipinski definition) is 1. The van der Waals surface area contributed by atoms with Gasteiger partial charge in [-0.15, -0.1) is 0 Å². The Morgan fingerprint density at radius 1 is 1.00 bits per heavy atom. The molecule has 1 N–H and O–H groups in total. The first kappa shape index (κ1) is 18.2. The van der Waals surface area contributed by atoms with Crippen LogP contribution in [0.3, 0.4) is 0 Å². The smallest absolute Gasteiger partial charge is 0.303 e. The van der Waals surface area contributed by atoms with Crippen LogP contribution in [0.1, 0.15) is 32.4 Å². The minimum Gasteiger partial charge on any atom is -0.508 e. The molecule has 3 aromatic carbocycles. The largest absolute Gasteiger partial charge is 0.508 e. The summed E-state index contributed by atoms with van der Waals surface area (Å²) in [5.74, 6) is -0.0344. The molecule has 0 aliphatic rings. The van der Waals surface area contributed by atoms with E-state index in [0.29, 0.717) is 6.54 Å². The summed E-state index contributed by atoms with van der Waals surface area (Å²) in [6.45, 7) is 8.12. The molecule has 0 aliphatic heterocycles. The number of esters is 1. The number of fused-ring (bicyclic) bond motifs is 3. The molecule has 136 valence electrons. The number of carbonyl (C=O) groups excluding carboxylic acids is 1. The highest BCUT2D eigenvalue weighted by atomic mass is 16.5. The topological polar surface area (TPSA) is 49.8 Å². The maximum atomic E-state index is 11.6. The summed E-state index contributed by atoms with van der Waals surface area (Å²) in [5, 5.41) is 14.1. The number of hydrogen-bond acceptors (Lipinski definition) is 4. The summed E-state index contributed by atoms with van der Waals surface area (Å²) in [5.41, 5.74) is 0.968. The van der Waals surface area contributed by atoms with Crippen molar-refractivity contribution in [1.29, 1.82) is 0 Å². The number of carbonyl (C=O) groups is 1. The predicted molar refractivity (Wildman–Crippen MR) is 105 cm³/mol. The van der Waals surface area contributed by atoms with Gasteiger partial charge in [-0.3, -0.25) is 9.69 Å². The quantitative estimate of drug-likeness (QED) is 0.519. The van der Waals surface area contributed by atoms with E-state index in [1.807, 2.05) is 18.2 Å². The molecule has 0 heterocycles. The van der Waals surface area contributed by atoms with Crippen LogP contribution in [0.15, 0.2) is 48.5 Å². The van der Waals surface area contributed by atoms with E-state index in [9.17, 15) is 9.90 Å². The third-order valence-corrected chi connectivity index (χ3v) is 4.85. The average Bonchev–Trinajstić information content (AvgIpc) is 2.64. The van der Waals surface area contributed by atoms with E-state index < -0.39 is 0 Å². The lowest BCUT2D eigenvalue weighted by Gasteiger charge is -2.25. The molecule has 0 fully saturated rings. The van der Waals surface area contributed by atoms with Crippen molar-refractivity contribution in [3.8, 4) is 5.75 Å². The van der Waals surface area contributed by atoms with Gasteiger partial charge < -0.3 is 9.84 Å². The van der Waals surface area contributed by atoms with Crippen molar-refractivity contribution in [3.63, 3.8) is 0 Å². The Balaban J connectivity index is 2.10. The monoisotopic (exact) mass is 351 g/mol. The Morgan fingerprint density at radius 3 is 2.19 bits per heavy atom. The van der Waals surface area contributed by atoms with Gasteiger partial charge in [-0.2, -0.15) is 0 Å². The molecule has 4 heteroatoms. The second-order valence-corrected chi connectivity index (χ2v) is 6.54. The van der Waals surface area contributed by atoms with Crippen LogP contribution in [0.2, 0.25) is 0 Å². The summed E-state index contributed by atoms with van der Waals surface area (Å²) in [7, 11) is 0. The zero-order valence-electron chi connectivity index (χ0n) is 15.5. The zero-order chi connectivity index (χ0) is 18.7. The van der Waals surface area contributed by atoms with Crippen molar-refractivity contribution in [2.24, 2.45) is 0 Å². The Morgan fingerprint density at radius 2 is 1.58 bits per heavy atom. The third-order valence-electron chi connectivity index (χ3n) is 4.85. The third kappa shape index (κ3) is 3.81. The molecule has 0 aromatic heterocycles. The molecule has 4 nitrogen and oxygen atoms in total. The van der Waals surface area contributed by atoms with E-state index in [2.05, 4.69) is 36.9 Å². The normalized spacial score (nSPS) is 12.6. The Labute approximate surface area is 154 Å². The lowest BCUT2D eigenvalue weighted by atomic mass is 9.98. The van der Waals surface area contributed by atoms with Crippen molar-refractivity contribution >= 4 is 27.5 Å². The lowest BCUT2D eigenvalue weighted by Crippen LogP contribution is -2.30. The molecule has 1 unspecified atom stereocenters. The Hall–Kier alpha value is -2.59. The van der Waals surface area contributed by atoms with Crippen LogP contribution in [0.5, 0.6) is 5.75 Å². The molecule has 0 saturated carbocycles. The molecule has 0 aliphatic carbocycles. The number of nitrogens with zero attached hydrogens (tertiary/aromatic N) is 1. The molecule has 1 atom stereocenters. The van der Waals surface area contributed by atoms with E-state index in [4.69, 9.17) is 4.74 Å². The van der Waals surface area contributed by atoms with Gasteiger partial charge in [0.1, 0.15) is 11.9 Å². The summed E-state index contributed by atoms with van der Waals surface area (Å²) < 4.78 is 5.63. The fourth-order valence-corrected chi connectivity index (χ4v) is 3.38. The van der Waals surface area contributed by atoms with Crippen molar-refractivity contribution < 1.29 is 14.6 Å².